The number of rotatable bonds is 6. The number of piperazine rings is 1. The Labute approximate surface area is 196 Å². The van der Waals surface area contributed by atoms with Crippen LogP contribution in [0.15, 0.2) is 18.3 Å². The molecule has 1 aliphatic rings. The zero-order valence-electron chi connectivity index (χ0n) is 18.7. The van der Waals surface area contributed by atoms with Gasteiger partial charge in [-0.15, -0.1) is 5.10 Å². The first kappa shape index (κ1) is 23.2. The molecule has 9 nitrogen and oxygen atoms in total. The van der Waals surface area contributed by atoms with E-state index in [2.05, 4.69) is 35.3 Å². The summed E-state index contributed by atoms with van der Waals surface area (Å²) in [5.41, 5.74) is -0.826. The standard InChI is InChI=1S/C21H22F5N9/c1-2-33-7-9-34(10-8-33)20-31-18(19-28-11-14(21(24,25)26)35(19)32-20)27-6-5-15-29-13-4-3-12(22)16(23)17(13)30-15/h3-4,11H,2,5-10H2,1H3,(H,29,30)(H,27,31,32). The van der Waals surface area contributed by atoms with Crippen molar-refractivity contribution >= 4 is 28.4 Å². The maximum absolute atomic E-state index is 13.9. The van der Waals surface area contributed by atoms with Gasteiger partial charge in [0.25, 0.3) is 0 Å². The van der Waals surface area contributed by atoms with Gasteiger partial charge in [0.05, 0.1) is 11.7 Å². The van der Waals surface area contributed by atoms with Crippen molar-refractivity contribution in [1.29, 1.82) is 0 Å². The highest BCUT2D eigenvalue weighted by Gasteiger charge is 2.36. The zero-order valence-corrected chi connectivity index (χ0v) is 18.7. The van der Waals surface area contributed by atoms with Crippen LogP contribution in [0, 0.1) is 11.6 Å². The second-order valence-corrected chi connectivity index (χ2v) is 8.18. The summed E-state index contributed by atoms with van der Waals surface area (Å²) in [5.74, 6) is -1.35. The first-order valence-corrected chi connectivity index (χ1v) is 11.1. The molecular weight excluding hydrogens is 473 g/mol. The van der Waals surface area contributed by atoms with Gasteiger partial charge in [-0.2, -0.15) is 18.2 Å². The molecule has 0 aliphatic carbocycles. The second kappa shape index (κ2) is 8.91. The van der Waals surface area contributed by atoms with E-state index in [1.807, 2.05) is 11.8 Å². The number of nitrogens with zero attached hydrogens (tertiary/aromatic N) is 7. The monoisotopic (exact) mass is 495 g/mol. The number of anilines is 2. The maximum atomic E-state index is 13.9. The summed E-state index contributed by atoms with van der Waals surface area (Å²) in [6, 6.07) is 2.40. The Morgan fingerprint density at radius 3 is 2.57 bits per heavy atom. The Morgan fingerprint density at radius 2 is 1.86 bits per heavy atom. The van der Waals surface area contributed by atoms with E-state index in [0.717, 1.165) is 36.4 Å². The van der Waals surface area contributed by atoms with Crippen molar-refractivity contribution in [3.8, 4) is 0 Å². The number of benzene rings is 1. The van der Waals surface area contributed by atoms with Crippen LogP contribution in [0.1, 0.15) is 18.4 Å². The lowest BCUT2D eigenvalue weighted by Gasteiger charge is -2.34. The third-order valence-corrected chi connectivity index (χ3v) is 5.99. The van der Waals surface area contributed by atoms with Gasteiger partial charge < -0.3 is 20.1 Å². The van der Waals surface area contributed by atoms with E-state index >= 15 is 0 Å². The highest BCUT2D eigenvalue weighted by atomic mass is 19.4. The lowest BCUT2D eigenvalue weighted by Crippen LogP contribution is -2.47. The van der Waals surface area contributed by atoms with Crippen LogP contribution in [0.2, 0.25) is 0 Å². The van der Waals surface area contributed by atoms with Crippen LogP contribution in [0.25, 0.3) is 16.7 Å². The van der Waals surface area contributed by atoms with E-state index in [4.69, 9.17) is 0 Å². The molecule has 186 valence electrons. The van der Waals surface area contributed by atoms with Gasteiger partial charge in [0.2, 0.25) is 5.95 Å². The fourth-order valence-electron chi connectivity index (χ4n) is 4.07. The van der Waals surface area contributed by atoms with E-state index < -0.39 is 23.5 Å². The lowest BCUT2D eigenvalue weighted by molar-refractivity contribution is -0.142. The molecule has 1 fully saturated rings. The molecule has 1 aliphatic heterocycles. The molecule has 0 radical (unpaired) electrons. The number of aromatic nitrogens is 6. The molecule has 0 atom stereocenters. The van der Waals surface area contributed by atoms with Crippen molar-refractivity contribution in [1.82, 2.24) is 34.4 Å². The summed E-state index contributed by atoms with van der Waals surface area (Å²) in [7, 11) is 0. The Morgan fingerprint density at radius 1 is 1.09 bits per heavy atom. The Kier molecular flexibility index (Phi) is 5.91. The quantitative estimate of drug-likeness (QED) is 0.398. The van der Waals surface area contributed by atoms with E-state index in [9.17, 15) is 22.0 Å². The number of aromatic amines is 1. The number of hydrogen-bond acceptors (Lipinski definition) is 7. The highest BCUT2D eigenvalue weighted by Crippen LogP contribution is 2.31. The number of H-pyrrole nitrogens is 1. The van der Waals surface area contributed by atoms with Crippen LogP contribution in [-0.4, -0.2) is 73.7 Å². The molecule has 14 heteroatoms. The minimum atomic E-state index is -4.64. The third kappa shape index (κ3) is 4.45. The van der Waals surface area contributed by atoms with Crippen LogP contribution < -0.4 is 10.2 Å². The minimum absolute atomic E-state index is 0.0639. The smallest absolute Gasteiger partial charge is 0.366 e. The molecule has 0 unspecified atom stereocenters. The van der Waals surface area contributed by atoms with Crippen LogP contribution in [0.3, 0.4) is 0 Å². The van der Waals surface area contributed by atoms with Gasteiger partial charge in [0.15, 0.2) is 28.8 Å². The number of halogens is 5. The normalized spacial score (nSPS) is 15.4. The Hall–Kier alpha value is -3.55. The second-order valence-electron chi connectivity index (χ2n) is 8.18. The molecule has 1 aromatic carbocycles. The number of nitrogens with one attached hydrogen (secondary N) is 2. The number of likely N-dealkylation sites (N-methyl/N-ethyl adjacent to an activating group) is 1. The molecule has 2 N–H and O–H groups in total. The zero-order chi connectivity index (χ0) is 24.7. The van der Waals surface area contributed by atoms with Gasteiger partial charge in [0.1, 0.15) is 11.3 Å². The third-order valence-electron chi connectivity index (χ3n) is 5.99. The van der Waals surface area contributed by atoms with Gasteiger partial charge >= 0.3 is 6.18 Å². The minimum Gasteiger partial charge on any atom is -0.366 e. The largest absolute Gasteiger partial charge is 0.435 e. The molecule has 3 aromatic heterocycles. The van der Waals surface area contributed by atoms with Crippen LogP contribution >= 0.6 is 0 Å². The highest BCUT2D eigenvalue weighted by molar-refractivity contribution is 5.75. The van der Waals surface area contributed by atoms with Gasteiger partial charge in [0, 0.05) is 39.1 Å². The van der Waals surface area contributed by atoms with E-state index in [1.165, 1.54) is 6.07 Å². The van der Waals surface area contributed by atoms with Gasteiger partial charge in [-0.25, -0.2) is 23.3 Å². The fourth-order valence-corrected chi connectivity index (χ4v) is 4.07. The van der Waals surface area contributed by atoms with Crippen molar-refractivity contribution in [3.05, 3.63) is 41.5 Å². The van der Waals surface area contributed by atoms with E-state index in [1.54, 1.807) is 0 Å². The van der Waals surface area contributed by atoms with Crippen molar-refractivity contribution in [2.75, 3.05) is 49.5 Å². The SMILES string of the molecule is CCN1CCN(c2nc(NCCc3nc4c(F)c(F)ccc4[nH]3)c3ncc(C(F)(F)F)n3n2)CC1. The van der Waals surface area contributed by atoms with E-state index in [-0.39, 0.29) is 35.9 Å². The number of fused-ring (bicyclic) bond motifs is 2. The Balaban J connectivity index is 1.41. The van der Waals surface area contributed by atoms with Crippen LogP contribution in [-0.2, 0) is 12.6 Å². The van der Waals surface area contributed by atoms with Crippen molar-refractivity contribution < 1.29 is 22.0 Å². The summed E-state index contributed by atoms with van der Waals surface area (Å²) in [5, 5.41) is 7.15. The van der Waals surface area contributed by atoms with Gasteiger partial charge in [-0.3, -0.25) is 0 Å². The molecule has 0 amide bonds. The first-order valence-electron chi connectivity index (χ1n) is 11.1. The molecular formula is C21H22F5N9. The lowest BCUT2D eigenvalue weighted by atomic mass is 10.3. The summed E-state index contributed by atoms with van der Waals surface area (Å²) in [6.45, 7) is 5.80. The van der Waals surface area contributed by atoms with Crippen molar-refractivity contribution in [3.63, 3.8) is 0 Å². The maximum Gasteiger partial charge on any atom is 0.435 e. The van der Waals surface area contributed by atoms with Crippen molar-refractivity contribution in [2.24, 2.45) is 0 Å². The average molecular weight is 495 g/mol. The predicted octanol–water partition coefficient (Wildman–Crippen LogP) is 3.09. The van der Waals surface area contributed by atoms with Gasteiger partial charge in [-0.1, -0.05) is 6.92 Å². The molecule has 35 heavy (non-hydrogen) atoms. The van der Waals surface area contributed by atoms with E-state index in [0.29, 0.717) is 24.4 Å². The van der Waals surface area contributed by atoms with Crippen LogP contribution in [0.4, 0.5) is 33.7 Å². The summed E-state index contributed by atoms with van der Waals surface area (Å²) < 4.78 is 68.8. The summed E-state index contributed by atoms with van der Waals surface area (Å²) >= 11 is 0. The molecule has 4 heterocycles. The first-order chi connectivity index (χ1) is 16.7. The Bertz CT molecular complexity index is 1350. The average Bonchev–Trinajstić information content (AvgIpc) is 3.46. The number of imidazole rings is 2. The molecule has 4 aromatic rings. The number of alkyl halides is 3. The van der Waals surface area contributed by atoms with Crippen LogP contribution in [0.5, 0.6) is 0 Å². The summed E-state index contributed by atoms with van der Waals surface area (Å²) in [4.78, 5) is 19.4. The van der Waals surface area contributed by atoms with Gasteiger partial charge in [-0.05, 0) is 18.7 Å². The molecule has 0 spiro atoms. The topological polar surface area (TPSA) is 90.3 Å². The molecule has 1 saturated heterocycles. The number of hydrogen-bond donors (Lipinski definition) is 2. The fraction of sp³-hybridized carbons (Fsp3) is 0.429. The molecule has 0 saturated carbocycles. The molecule has 5 rings (SSSR count). The summed E-state index contributed by atoms with van der Waals surface area (Å²) in [6.07, 6.45) is -3.66. The van der Waals surface area contributed by atoms with Crippen molar-refractivity contribution in [2.45, 2.75) is 19.5 Å². The molecule has 0 bridgehead atoms. The predicted molar refractivity (Wildman–Crippen MR) is 118 cm³/mol.